The Morgan fingerprint density at radius 3 is 2.59 bits per heavy atom. The van der Waals surface area contributed by atoms with Crippen LogP contribution in [0, 0.1) is 5.92 Å². The maximum absolute atomic E-state index is 11.6. The molecule has 1 aliphatic carbocycles. The molecule has 0 aliphatic heterocycles. The van der Waals surface area contributed by atoms with Gasteiger partial charge < -0.3 is 9.84 Å². The minimum absolute atomic E-state index is 0.0868. The summed E-state index contributed by atoms with van der Waals surface area (Å²) in [6.07, 6.45) is 4.05. The number of hydrogen-bond acceptors (Lipinski definition) is 4. The first-order valence-electron chi connectivity index (χ1n) is 6.58. The second kappa shape index (κ2) is 6.36. The van der Waals surface area contributed by atoms with Gasteiger partial charge in [-0.1, -0.05) is 6.92 Å². The van der Waals surface area contributed by atoms with Gasteiger partial charge in [0.15, 0.2) is 0 Å². The topological polar surface area (TPSA) is 58.6 Å². The fourth-order valence-corrected chi connectivity index (χ4v) is 2.45. The second-order valence-electron chi connectivity index (χ2n) is 5.24. The summed E-state index contributed by atoms with van der Waals surface area (Å²) in [5.74, 6) is 0.480. The van der Waals surface area contributed by atoms with Crippen molar-refractivity contribution >= 4 is 5.97 Å². The van der Waals surface area contributed by atoms with Crippen molar-refractivity contribution in [3.8, 4) is 0 Å². The SMILES string of the molecule is CCOC(=O)C(C)NC1(CO)CCC(C)CC1. The van der Waals surface area contributed by atoms with Gasteiger partial charge in [-0.2, -0.15) is 0 Å². The van der Waals surface area contributed by atoms with E-state index >= 15 is 0 Å². The van der Waals surface area contributed by atoms with Gasteiger partial charge >= 0.3 is 5.97 Å². The lowest BCUT2D eigenvalue weighted by Crippen LogP contribution is -2.56. The van der Waals surface area contributed by atoms with Gasteiger partial charge in [0.2, 0.25) is 0 Å². The molecule has 17 heavy (non-hydrogen) atoms. The van der Waals surface area contributed by atoms with E-state index in [0.29, 0.717) is 6.61 Å². The Morgan fingerprint density at radius 1 is 1.53 bits per heavy atom. The van der Waals surface area contributed by atoms with E-state index in [1.165, 1.54) is 0 Å². The van der Waals surface area contributed by atoms with Crippen LogP contribution in [0.1, 0.15) is 46.5 Å². The van der Waals surface area contributed by atoms with E-state index in [1.807, 2.05) is 0 Å². The molecule has 2 N–H and O–H groups in total. The standard InChI is InChI=1S/C13H25NO3/c1-4-17-12(16)11(3)14-13(9-15)7-5-10(2)6-8-13/h10-11,14-15H,4-9H2,1-3H3. The summed E-state index contributed by atoms with van der Waals surface area (Å²) in [4.78, 5) is 11.6. The summed E-state index contributed by atoms with van der Waals surface area (Å²) in [7, 11) is 0. The van der Waals surface area contributed by atoms with Gasteiger partial charge in [-0.3, -0.25) is 10.1 Å². The van der Waals surface area contributed by atoms with E-state index in [1.54, 1.807) is 13.8 Å². The molecule has 100 valence electrons. The van der Waals surface area contributed by atoms with Gasteiger partial charge in [0.25, 0.3) is 0 Å². The molecule has 4 heteroatoms. The summed E-state index contributed by atoms with van der Waals surface area (Å²) >= 11 is 0. The third kappa shape index (κ3) is 3.96. The number of carbonyl (C=O) groups excluding carboxylic acids is 1. The Bertz CT molecular complexity index is 247. The molecule has 1 rings (SSSR count). The van der Waals surface area contributed by atoms with Gasteiger partial charge in [0.1, 0.15) is 6.04 Å². The highest BCUT2D eigenvalue weighted by atomic mass is 16.5. The number of esters is 1. The van der Waals surface area contributed by atoms with Crippen molar-refractivity contribution in [2.45, 2.75) is 58.0 Å². The zero-order chi connectivity index (χ0) is 12.9. The fourth-order valence-electron chi connectivity index (χ4n) is 2.45. The van der Waals surface area contributed by atoms with Gasteiger partial charge in [-0.05, 0) is 45.4 Å². The van der Waals surface area contributed by atoms with Crippen molar-refractivity contribution in [2.24, 2.45) is 5.92 Å². The van der Waals surface area contributed by atoms with Crippen LogP contribution in [0.15, 0.2) is 0 Å². The lowest BCUT2D eigenvalue weighted by Gasteiger charge is -2.40. The van der Waals surface area contributed by atoms with Crippen molar-refractivity contribution in [3.63, 3.8) is 0 Å². The van der Waals surface area contributed by atoms with Crippen molar-refractivity contribution in [1.82, 2.24) is 5.32 Å². The molecule has 0 spiro atoms. The molecular weight excluding hydrogens is 218 g/mol. The number of ether oxygens (including phenoxy) is 1. The molecular formula is C13H25NO3. The molecule has 0 radical (unpaired) electrons. The van der Waals surface area contributed by atoms with E-state index < -0.39 is 0 Å². The zero-order valence-corrected chi connectivity index (χ0v) is 11.2. The third-order valence-corrected chi connectivity index (χ3v) is 3.70. The van der Waals surface area contributed by atoms with E-state index in [4.69, 9.17) is 4.74 Å². The first kappa shape index (κ1) is 14.5. The molecule has 0 aromatic heterocycles. The lowest BCUT2D eigenvalue weighted by atomic mass is 9.77. The number of rotatable bonds is 5. The normalized spacial score (nSPS) is 30.9. The Morgan fingerprint density at radius 2 is 2.12 bits per heavy atom. The van der Waals surface area contributed by atoms with E-state index in [2.05, 4.69) is 12.2 Å². The molecule has 0 amide bonds. The summed E-state index contributed by atoms with van der Waals surface area (Å²) < 4.78 is 4.97. The summed E-state index contributed by atoms with van der Waals surface area (Å²) in [5.41, 5.74) is -0.293. The van der Waals surface area contributed by atoms with Crippen LogP contribution in [0.3, 0.4) is 0 Å². The Balaban J connectivity index is 2.54. The maximum Gasteiger partial charge on any atom is 0.322 e. The molecule has 1 atom stereocenters. The highest BCUT2D eigenvalue weighted by Crippen LogP contribution is 2.31. The molecule has 1 saturated carbocycles. The average molecular weight is 243 g/mol. The number of aliphatic hydroxyl groups excluding tert-OH is 1. The number of aliphatic hydroxyl groups is 1. The van der Waals surface area contributed by atoms with Gasteiger partial charge in [0, 0.05) is 5.54 Å². The maximum atomic E-state index is 11.6. The van der Waals surface area contributed by atoms with Gasteiger partial charge in [-0.25, -0.2) is 0 Å². The van der Waals surface area contributed by atoms with Crippen molar-refractivity contribution in [1.29, 1.82) is 0 Å². The van der Waals surface area contributed by atoms with Crippen LogP contribution >= 0.6 is 0 Å². The largest absolute Gasteiger partial charge is 0.465 e. The number of hydrogen-bond donors (Lipinski definition) is 2. The molecule has 0 heterocycles. The van der Waals surface area contributed by atoms with Crippen LogP contribution in [0.5, 0.6) is 0 Å². The van der Waals surface area contributed by atoms with E-state index in [0.717, 1.165) is 31.6 Å². The quantitative estimate of drug-likeness (QED) is 0.718. The minimum Gasteiger partial charge on any atom is -0.465 e. The molecule has 1 fully saturated rings. The highest BCUT2D eigenvalue weighted by Gasteiger charge is 2.36. The third-order valence-electron chi connectivity index (χ3n) is 3.70. The smallest absolute Gasteiger partial charge is 0.322 e. The predicted molar refractivity (Wildman–Crippen MR) is 66.7 cm³/mol. The first-order valence-corrected chi connectivity index (χ1v) is 6.58. The van der Waals surface area contributed by atoms with Crippen LogP contribution in [0.25, 0.3) is 0 Å². The molecule has 1 unspecified atom stereocenters. The van der Waals surface area contributed by atoms with Crippen molar-refractivity contribution in [3.05, 3.63) is 0 Å². The predicted octanol–water partition coefficient (Wildman–Crippen LogP) is 1.47. The molecule has 1 aliphatic rings. The number of carbonyl (C=O) groups is 1. The molecule has 4 nitrogen and oxygen atoms in total. The van der Waals surface area contributed by atoms with Crippen LogP contribution < -0.4 is 5.32 Å². The number of nitrogens with one attached hydrogen (secondary N) is 1. The summed E-state index contributed by atoms with van der Waals surface area (Å²) in [5, 5.41) is 12.8. The van der Waals surface area contributed by atoms with Crippen LogP contribution in [0.4, 0.5) is 0 Å². The molecule has 0 aromatic rings. The Hall–Kier alpha value is -0.610. The first-order chi connectivity index (χ1) is 8.03. The fraction of sp³-hybridized carbons (Fsp3) is 0.923. The van der Waals surface area contributed by atoms with Crippen LogP contribution in [-0.2, 0) is 9.53 Å². The van der Waals surface area contributed by atoms with Crippen LogP contribution in [-0.4, -0.2) is 35.9 Å². The molecule has 0 bridgehead atoms. The van der Waals surface area contributed by atoms with E-state index in [-0.39, 0.29) is 24.2 Å². The summed E-state index contributed by atoms with van der Waals surface area (Å²) in [6.45, 7) is 6.32. The monoisotopic (exact) mass is 243 g/mol. The van der Waals surface area contributed by atoms with Crippen molar-refractivity contribution < 1.29 is 14.6 Å². The second-order valence-corrected chi connectivity index (χ2v) is 5.24. The average Bonchev–Trinajstić information content (AvgIpc) is 2.33. The summed E-state index contributed by atoms with van der Waals surface area (Å²) in [6, 6.07) is -0.351. The van der Waals surface area contributed by atoms with E-state index in [9.17, 15) is 9.90 Å². The van der Waals surface area contributed by atoms with Gasteiger partial charge in [0.05, 0.1) is 13.2 Å². The van der Waals surface area contributed by atoms with Crippen LogP contribution in [0.2, 0.25) is 0 Å². The van der Waals surface area contributed by atoms with Crippen molar-refractivity contribution in [2.75, 3.05) is 13.2 Å². The zero-order valence-electron chi connectivity index (χ0n) is 11.2. The lowest BCUT2D eigenvalue weighted by molar-refractivity contribution is -0.146. The van der Waals surface area contributed by atoms with Gasteiger partial charge in [-0.15, -0.1) is 0 Å². The Kier molecular flexibility index (Phi) is 5.40. The highest BCUT2D eigenvalue weighted by molar-refractivity contribution is 5.75. The molecule has 0 saturated heterocycles. The molecule has 0 aromatic carbocycles. The Labute approximate surface area is 104 Å². The minimum atomic E-state index is -0.351.